The summed E-state index contributed by atoms with van der Waals surface area (Å²) in [7, 11) is 0. The van der Waals surface area contributed by atoms with Gasteiger partial charge in [-0.2, -0.15) is 0 Å². The van der Waals surface area contributed by atoms with E-state index in [1.807, 2.05) is 6.92 Å². The van der Waals surface area contributed by atoms with Crippen molar-refractivity contribution in [3.63, 3.8) is 0 Å². The molecule has 2 N–H and O–H groups in total. The van der Waals surface area contributed by atoms with Crippen LogP contribution in [0.25, 0.3) is 0 Å². The molecular formula is C13H17F2NO. The molecular weight excluding hydrogens is 224 g/mol. The van der Waals surface area contributed by atoms with Crippen LogP contribution in [0.4, 0.5) is 8.78 Å². The molecule has 1 saturated heterocycles. The second-order valence-corrected chi connectivity index (χ2v) is 4.83. The predicted octanol–water partition coefficient (Wildman–Crippen LogP) is 2.84. The molecule has 0 radical (unpaired) electrons. The highest BCUT2D eigenvalue weighted by Gasteiger charge is 2.39. The number of aryl methyl sites for hydroxylation is 1. The van der Waals surface area contributed by atoms with E-state index in [1.165, 1.54) is 12.1 Å². The van der Waals surface area contributed by atoms with Gasteiger partial charge in [0.25, 0.3) is 0 Å². The number of halogens is 2. The van der Waals surface area contributed by atoms with E-state index in [2.05, 4.69) is 0 Å². The first kappa shape index (κ1) is 12.5. The van der Waals surface area contributed by atoms with E-state index in [0.29, 0.717) is 12.2 Å². The fourth-order valence-electron chi connectivity index (χ4n) is 2.31. The summed E-state index contributed by atoms with van der Waals surface area (Å²) in [5.74, 6) is -1.16. The first-order valence-electron chi connectivity index (χ1n) is 5.80. The molecule has 0 bridgehead atoms. The number of hydrogen-bond donors (Lipinski definition) is 1. The molecule has 1 aliphatic rings. The Bertz CT molecular complexity index is 428. The second-order valence-electron chi connectivity index (χ2n) is 4.83. The molecule has 1 fully saturated rings. The van der Waals surface area contributed by atoms with Crippen molar-refractivity contribution < 1.29 is 13.5 Å². The molecule has 0 spiro atoms. The highest BCUT2D eigenvalue weighted by atomic mass is 19.1. The molecule has 1 aromatic rings. The first-order chi connectivity index (χ1) is 7.96. The van der Waals surface area contributed by atoms with Crippen LogP contribution in [0.1, 0.15) is 36.9 Å². The maximum Gasteiger partial charge on any atom is 0.133 e. The molecule has 0 aromatic heterocycles. The molecule has 1 aromatic carbocycles. The molecule has 1 heterocycles. The second kappa shape index (κ2) is 4.35. The minimum Gasteiger partial charge on any atom is -0.373 e. The Morgan fingerprint density at radius 2 is 2.12 bits per heavy atom. The van der Waals surface area contributed by atoms with Gasteiger partial charge in [0.1, 0.15) is 11.6 Å². The van der Waals surface area contributed by atoms with Gasteiger partial charge in [-0.1, -0.05) is 6.07 Å². The fraction of sp³-hybridized carbons (Fsp3) is 0.538. The quantitative estimate of drug-likeness (QED) is 0.864. The van der Waals surface area contributed by atoms with E-state index in [4.69, 9.17) is 10.5 Å². The molecule has 94 valence electrons. The largest absolute Gasteiger partial charge is 0.373 e. The van der Waals surface area contributed by atoms with Gasteiger partial charge in [-0.05, 0) is 38.3 Å². The van der Waals surface area contributed by atoms with Gasteiger partial charge in [-0.15, -0.1) is 0 Å². The molecule has 2 nitrogen and oxygen atoms in total. The van der Waals surface area contributed by atoms with E-state index in [1.54, 1.807) is 6.92 Å². The third-order valence-corrected chi connectivity index (χ3v) is 3.54. The topological polar surface area (TPSA) is 35.2 Å². The van der Waals surface area contributed by atoms with Crippen LogP contribution in [-0.4, -0.2) is 12.2 Å². The highest BCUT2D eigenvalue weighted by Crippen LogP contribution is 2.38. The lowest BCUT2D eigenvalue weighted by Gasteiger charge is -2.31. The maximum atomic E-state index is 14.0. The van der Waals surface area contributed by atoms with Crippen LogP contribution < -0.4 is 5.73 Å². The standard InChI is InChI=1S/C13H17F2NO/c1-8-4-5-9(14)10(11(8)15)12(16)13(2)6-3-7-17-13/h4-5,12H,3,6-7,16H2,1-2H3. The van der Waals surface area contributed by atoms with Crippen molar-refractivity contribution in [1.29, 1.82) is 0 Å². The summed E-state index contributed by atoms with van der Waals surface area (Å²) in [4.78, 5) is 0. The molecule has 4 heteroatoms. The Balaban J connectivity index is 2.43. The fourth-order valence-corrected chi connectivity index (χ4v) is 2.31. The zero-order chi connectivity index (χ0) is 12.6. The van der Waals surface area contributed by atoms with Crippen LogP contribution >= 0.6 is 0 Å². The van der Waals surface area contributed by atoms with Crippen molar-refractivity contribution >= 4 is 0 Å². The molecule has 0 aliphatic carbocycles. The van der Waals surface area contributed by atoms with Crippen LogP contribution in [0.3, 0.4) is 0 Å². The lowest BCUT2D eigenvalue weighted by atomic mass is 9.87. The summed E-state index contributed by atoms with van der Waals surface area (Å²) in [5.41, 5.74) is 5.67. The van der Waals surface area contributed by atoms with E-state index < -0.39 is 23.3 Å². The van der Waals surface area contributed by atoms with E-state index >= 15 is 0 Å². The van der Waals surface area contributed by atoms with Gasteiger partial charge in [-0.3, -0.25) is 0 Å². The van der Waals surface area contributed by atoms with Crippen LogP contribution in [0.15, 0.2) is 12.1 Å². The third kappa shape index (κ3) is 2.07. The van der Waals surface area contributed by atoms with Crippen molar-refractivity contribution in [2.24, 2.45) is 5.73 Å². The predicted molar refractivity (Wildman–Crippen MR) is 61.6 cm³/mol. The number of nitrogens with two attached hydrogens (primary N) is 1. The van der Waals surface area contributed by atoms with Crippen molar-refractivity contribution in [3.8, 4) is 0 Å². The summed E-state index contributed by atoms with van der Waals surface area (Å²) >= 11 is 0. The van der Waals surface area contributed by atoms with Gasteiger partial charge >= 0.3 is 0 Å². The summed E-state index contributed by atoms with van der Waals surface area (Å²) in [6.45, 7) is 4.01. The molecule has 0 saturated carbocycles. The molecule has 0 amide bonds. The van der Waals surface area contributed by atoms with Gasteiger partial charge in [-0.25, -0.2) is 8.78 Å². The lowest BCUT2D eigenvalue weighted by Crippen LogP contribution is -2.39. The van der Waals surface area contributed by atoms with Crippen molar-refractivity contribution in [2.45, 2.75) is 38.3 Å². The monoisotopic (exact) mass is 241 g/mol. The Hall–Kier alpha value is -1.00. The van der Waals surface area contributed by atoms with Gasteiger partial charge in [0.2, 0.25) is 0 Å². The molecule has 2 rings (SSSR count). The average molecular weight is 241 g/mol. The number of benzene rings is 1. The van der Waals surface area contributed by atoms with Crippen LogP contribution in [0, 0.1) is 18.6 Å². The minimum atomic E-state index is -0.773. The highest BCUT2D eigenvalue weighted by molar-refractivity contribution is 5.31. The van der Waals surface area contributed by atoms with Crippen LogP contribution in [0.5, 0.6) is 0 Å². The Kier molecular flexibility index (Phi) is 3.19. The third-order valence-electron chi connectivity index (χ3n) is 3.54. The normalized spacial score (nSPS) is 26.2. The summed E-state index contributed by atoms with van der Waals surface area (Å²) < 4.78 is 33.2. The van der Waals surface area contributed by atoms with E-state index in [0.717, 1.165) is 12.8 Å². The molecule has 17 heavy (non-hydrogen) atoms. The summed E-state index contributed by atoms with van der Waals surface area (Å²) in [6.07, 6.45) is 1.60. The molecule has 2 atom stereocenters. The lowest BCUT2D eigenvalue weighted by molar-refractivity contribution is -0.00349. The summed E-state index contributed by atoms with van der Waals surface area (Å²) in [5, 5.41) is 0. The SMILES string of the molecule is Cc1ccc(F)c(C(N)C2(C)CCCO2)c1F. The van der Waals surface area contributed by atoms with E-state index in [-0.39, 0.29) is 5.56 Å². The molecule has 2 unspecified atom stereocenters. The maximum absolute atomic E-state index is 14.0. The Labute approximate surface area is 99.8 Å². The molecule has 1 aliphatic heterocycles. The minimum absolute atomic E-state index is 0.0607. The van der Waals surface area contributed by atoms with Crippen LogP contribution in [0.2, 0.25) is 0 Å². The zero-order valence-corrected chi connectivity index (χ0v) is 10.1. The Morgan fingerprint density at radius 1 is 1.41 bits per heavy atom. The smallest absolute Gasteiger partial charge is 0.133 e. The van der Waals surface area contributed by atoms with Crippen molar-refractivity contribution in [1.82, 2.24) is 0 Å². The zero-order valence-electron chi connectivity index (χ0n) is 10.1. The van der Waals surface area contributed by atoms with E-state index in [9.17, 15) is 8.78 Å². The van der Waals surface area contributed by atoms with Crippen molar-refractivity contribution in [2.75, 3.05) is 6.61 Å². The van der Waals surface area contributed by atoms with Gasteiger partial charge < -0.3 is 10.5 Å². The average Bonchev–Trinajstić information content (AvgIpc) is 2.72. The number of hydrogen-bond acceptors (Lipinski definition) is 2. The number of ether oxygens (including phenoxy) is 1. The van der Waals surface area contributed by atoms with Gasteiger partial charge in [0.05, 0.1) is 11.6 Å². The van der Waals surface area contributed by atoms with Crippen molar-refractivity contribution in [3.05, 3.63) is 34.9 Å². The first-order valence-corrected chi connectivity index (χ1v) is 5.80. The van der Waals surface area contributed by atoms with Gasteiger partial charge in [0.15, 0.2) is 0 Å². The van der Waals surface area contributed by atoms with Crippen LogP contribution in [-0.2, 0) is 4.74 Å². The summed E-state index contributed by atoms with van der Waals surface area (Å²) in [6, 6.07) is 1.90. The Morgan fingerprint density at radius 3 is 2.71 bits per heavy atom. The number of rotatable bonds is 2. The van der Waals surface area contributed by atoms with Gasteiger partial charge in [0, 0.05) is 12.2 Å².